The van der Waals surface area contributed by atoms with Crippen LogP contribution in [0.3, 0.4) is 0 Å². The molecule has 132 valence electrons. The largest absolute Gasteiger partial charge is 0.378 e. The molecule has 0 aliphatic carbocycles. The Morgan fingerprint density at radius 2 is 2.32 bits per heavy atom. The van der Waals surface area contributed by atoms with Crippen molar-refractivity contribution >= 4 is 11.8 Å². The first-order chi connectivity index (χ1) is 12.2. The maximum atomic E-state index is 12.3. The molecular formula is C17H21N5O3. The fourth-order valence-electron chi connectivity index (χ4n) is 2.84. The number of rotatable bonds is 7. The van der Waals surface area contributed by atoms with Gasteiger partial charge in [-0.05, 0) is 18.2 Å². The molecule has 3 heterocycles. The molecule has 25 heavy (non-hydrogen) atoms. The Labute approximate surface area is 145 Å². The van der Waals surface area contributed by atoms with E-state index in [-0.39, 0.29) is 24.2 Å². The number of pyridine rings is 1. The van der Waals surface area contributed by atoms with Gasteiger partial charge in [0.25, 0.3) is 0 Å². The number of amides is 2. The number of carbonyl (C=O) groups excluding carboxylic acids is 2. The Bertz CT molecular complexity index is 731. The van der Waals surface area contributed by atoms with Crippen molar-refractivity contribution in [2.75, 3.05) is 13.7 Å². The van der Waals surface area contributed by atoms with E-state index in [4.69, 9.17) is 4.74 Å². The number of ether oxygens (including phenoxy) is 1. The Hall–Kier alpha value is -2.74. The van der Waals surface area contributed by atoms with Crippen molar-refractivity contribution in [3.8, 4) is 0 Å². The van der Waals surface area contributed by atoms with Gasteiger partial charge in [-0.15, -0.1) is 0 Å². The van der Waals surface area contributed by atoms with Crippen LogP contribution in [0.5, 0.6) is 0 Å². The molecule has 1 aliphatic rings. The molecule has 2 amide bonds. The van der Waals surface area contributed by atoms with Crippen LogP contribution in [0.15, 0.2) is 30.5 Å². The van der Waals surface area contributed by atoms with Crippen LogP contribution in [0.25, 0.3) is 0 Å². The molecule has 1 saturated heterocycles. The van der Waals surface area contributed by atoms with Crippen molar-refractivity contribution in [1.29, 1.82) is 0 Å². The molecular weight excluding hydrogens is 322 g/mol. The van der Waals surface area contributed by atoms with Crippen LogP contribution in [0, 0.1) is 5.92 Å². The normalized spacial score (nSPS) is 17.1. The lowest BCUT2D eigenvalue weighted by atomic mass is 10.1. The lowest BCUT2D eigenvalue weighted by Gasteiger charge is -2.16. The molecule has 1 fully saturated rings. The van der Waals surface area contributed by atoms with Gasteiger partial charge in [0, 0.05) is 26.3 Å². The van der Waals surface area contributed by atoms with Crippen molar-refractivity contribution in [2.45, 2.75) is 26.1 Å². The summed E-state index contributed by atoms with van der Waals surface area (Å²) < 4.78 is 5.00. The van der Waals surface area contributed by atoms with Gasteiger partial charge in [-0.3, -0.25) is 19.7 Å². The lowest BCUT2D eigenvalue weighted by molar-refractivity contribution is -0.129. The van der Waals surface area contributed by atoms with E-state index in [1.54, 1.807) is 18.2 Å². The van der Waals surface area contributed by atoms with Gasteiger partial charge in [-0.25, -0.2) is 0 Å². The summed E-state index contributed by atoms with van der Waals surface area (Å²) in [7, 11) is 1.60. The predicted octanol–water partition coefficient (Wildman–Crippen LogP) is 0.616. The molecule has 0 radical (unpaired) electrons. The highest BCUT2D eigenvalue weighted by atomic mass is 16.5. The van der Waals surface area contributed by atoms with Gasteiger partial charge in [-0.2, -0.15) is 5.10 Å². The Balaban J connectivity index is 1.50. The first kappa shape index (κ1) is 17.1. The quantitative estimate of drug-likeness (QED) is 0.767. The molecule has 0 spiro atoms. The monoisotopic (exact) mass is 343 g/mol. The Morgan fingerprint density at radius 3 is 3.08 bits per heavy atom. The standard InChI is InChI=1S/C17H21N5O3/c1-25-11-15-7-14(20-21-15)8-19-17(24)12-6-16(23)22(9-12)10-13-4-2-3-5-18-13/h2-5,7,12H,6,8-11H2,1H3,(H,19,24)(H,20,21)/t12-/m0/s1. The average Bonchev–Trinajstić information content (AvgIpc) is 3.21. The predicted molar refractivity (Wildman–Crippen MR) is 88.9 cm³/mol. The highest BCUT2D eigenvalue weighted by Crippen LogP contribution is 2.20. The minimum absolute atomic E-state index is 0.0188. The average molecular weight is 343 g/mol. The van der Waals surface area contributed by atoms with Crippen molar-refractivity contribution in [2.24, 2.45) is 5.92 Å². The van der Waals surface area contributed by atoms with Gasteiger partial charge < -0.3 is 15.0 Å². The van der Waals surface area contributed by atoms with Crippen molar-refractivity contribution in [1.82, 2.24) is 25.4 Å². The summed E-state index contributed by atoms with van der Waals surface area (Å²) in [5.74, 6) is -0.480. The molecule has 8 heteroatoms. The number of aromatic nitrogens is 3. The minimum atomic E-state index is -0.336. The Morgan fingerprint density at radius 1 is 1.44 bits per heavy atom. The zero-order valence-corrected chi connectivity index (χ0v) is 14.1. The number of hydrogen-bond donors (Lipinski definition) is 2. The zero-order chi connectivity index (χ0) is 17.6. The molecule has 8 nitrogen and oxygen atoms in total. The van der Waals surface area contributed by atoms with Gasteiger partial charge in [0.1, 0.15) is 0 Å². The van der Waals surface area contributed by atoms with Crippen molar-refractivity contribution < 1.29 is 14.3 Å². The van der Waals surface area contributed by atoms with E-state index in [9.17, 15) is 9.59 Å². The maximum absolute atomic E-state index is 12.3. The van der Waals surface area contributed by atoms with E-state index in [0.29, 0.717) is 26.2 Å². The molecule has 0 bridgehead atoms. The number of carbonyl (C=O) groups is 2. The summed E-state index contributed by atoms with van der Waals surface area (Å²) in [5.41, 5.74) is 2.40. The zero-order valence-electron chi connectivity index (χ0n) is 14.1. The van der Waals surface area contributed by atoms with Gasteiger partial charge in [0.2, 0.25) is 11.8 Å². The minimum Gasteiger partial charge on any atom is -0.378 e. The maximum Gasteiger partial charge on any atom is 0.225 e. The number of hydrogen-bond acceptors (Lipinski definition) is 5. The van der Waals surface area contributed by atoms with Crippen LogP contribution in [0.1, 0.15) is 23.5 Å². The summed E-state index contributed by atoms with van der Waals surface area (Å²) in [6.45, 7) is 1.62. The molecule has 2 aromatic rings. The Kier molecular flexibility index (Phi) is 5.39. The first-order valence-electron chi connectivity index (χ1n) is 8.13. The van der Waals surface area contributed by atoms with Crippen LogP contribution < -0.4 is 5.32 Å². The number of aromatic amines is 1. The number of likely N-dealkylation sites (tertiary alicyclic amines) is 1. The van der Waals surface area contributed by atoms with E-state index < -0.39 is 0 Å². The summed E-state index contributed by atoms with van der Waals surface area (Å²) in [6.07, 6.45) is 1.93. The highest BCUT2D eigenvalue weighted by molar-refractivity contribution is 5.89. The van der Waals surface area contributed by atoms with E-state index in [1.807, 2.05) is 24.3 Å². The number of nitrogens with zero attached hydrogens (tertiary/aromatic N) is 3. The van der Waals surface area contributed by atoms with Crippen LogP contribution in [0.4, 0.5) is 0 Å². The third-order valence-electron chi connectivity index (χ3n) is 4.09. The SMILES string of the molecule is COCc1cc(CNC(=O)[C@H]2CC(=O)N(Cc3ccccn3)C2)[nH]n1. The van der Waals surface area contributed by atoms with Gasteiger partial charge in [-0.1, -0.05) is 6.07 Å². The second-order valence-electron chi connectivity index (χ2n) is 6.03. The van der Waals surface area contributed by atoms with Crippen molar-refractivity contribution in [3.63, 3.8) is 0 Å². The van der Waals surface area contributed by atoms with Crippen LogP contribution in [-0.4, -0.2) is 45.6 Å². The van der Waals surface area contributed by atoms with E-state index in [2.05, 4.69) is 20.5 Å². The summed E-state index contributed by atoms with van der Waals surface area (Å²) in [5, 5.41) is 9.79. The third-order valence-corrected chi connectivity index (χ3v) is 4.09. The third kappa shape index (κ3) is 4.42. The summed E-state index contributed by atoms with van der Waals surface area (Å²) in [4.78, 5) is 30.4. The molecule has 0 aromatic carbocycles. The first-order valence-corrected chi connectivity index (χ1v) is 8.13. The fraction of sp³-hybridized carbons (Fsp3) is 0.412. The number of H-pyrrole nitrogens is 1. The molecule has 0 unspecified atom stereocenters. The number of nitrogens with one attached hydrogen (secondary N) is 2. The molecule has 2 N–H and O–H groups in total. The molecule has 0 saturated carbocycles. The molecule has 1 atom stereocenters. The highest BCUT2D eigenvalue weighted by Gasteiger charge is 2.34. The second kappa shape index (κ2) is 7.89. The van der Waals surface area contributed by atoms with Gasteiger partial charge in [0.15, 0.2) is 0 Å². The molecule has 1 aliphatic heterocycles. The molecule has 2 aromatic heterocycles. The second-order valence-corrected chi connectivity index (χ2v) is 6.03. The number of methoxy groups -OCH3 is 1. The van der Waals surface area contributed by atoms with Gasteiger partial charge >= 0.3 is 0 Å². The van der Waals surface area contributed by atoms with Crippen LogP contribution >= 0.6 is 0 Å². The fourth-order valence-corrected chi connectivity index (χ4v) is 2.84. The summed E-state index contributed by atoms with van der Waals surface area (Å²) >= 11 is 0. The van der Waals surface area contributed by atoms with Crippen molar-refractivity contribution in [3.05, 3.63) is 47.5 Å². The van der Waals surface area contributed by atoms with Gasteiger partial charge in [0.05, 0.1) is 42.7 Å². The topological polar surface area (TPSA) is 100 Å². The van der Waals surface area contributed by atoms with E-state index >= 15 is 0 Å². The lowest BCUT2D eigenvalue weighted by Crippen LogP contribution is -2.32. The smallest absolute Gasteiger partial charge is 0.225 e. The van der Waals surface area contributed by atoms with E-state index in [1.165, 1.54) is 0 Å². The van der Waals surface area contributed by atoms with E-state index in [0.717, 1.165) is 17.1 Å². The van der Waals surface area contributed by atoms with Crippen LogP contribution in [-0.2, 0) is 34.0 Å². The molecule has 3 rings (SSSR count). The summed E-state index contributed by atoms with van der Waals surface area (Å²) in [6, 6.07) is 7.43. The van der Waals surface area contributed by atoms with Crippen LogP contribution in [0.2, 0.25) is 0 Å².